The van der Waals surface area contributed by atoms with Crippen molar-refractivity contribution in [2.75, 3.05) is 13.1 Å². The topological polar surface area (TPSA) is 61.4 Å². The zero-order valence-corrected chi connectivity index (χ0v) is 12.8. The van der Waals surface area contributed by atoms with Crippen LogP contribution >= 0.6 is 0 Å². The number of amides is 3. The Morgan fingerprint density at radius 1 is 0.810 bits per heavy atom. The Hall–Kier alpha value is -1.26. The normalized spacial score (nSPS) is 27.2. The van der Waals surface area contributed by atoms with Crippen LogP contribution in [0.2, 0.25) is 0 Å². The molecular weight excluding hydrogens is 266 g/mol. The molecule has 0 radical (unpaired) electrons. The summed E-state index contributed by atoms with van der Waals surface area (Å²) >= 11 is 0. The van der Waals surface area contributed by atoms with Gasteiger partial charge in [-0.3, -0.25) is 4.79 Å². The maximum absolute atomic E-state index is 12.2. The van der Waals surface area contributed by atoms with Crippen LogP contribution in [0.15, 0.2) is 0 Å². The van der Waals surface area contributed by atoms with Crippen LogP contribution in [-0.4, -0.2) is 42.0 Å². The van der Waals surface area contributed by atoms with Crippen LogP contribution in [0.4, 0.5) is 4.79 Å². The van der Waals surface area contributed by atoms with Crippen LogP contribution in [0.1, 0.15) is 57.8 Å². The predicted octanol–water partition coefficient (Wildman–Crippen LogP) is 2.02. The van der Waals surface area contributed by atoms with Gasteiger partial charge in [0.15, 0.2) is 0 Å². The summed E-state index contributed by atoms with van der Waals surface area (Å²) in [6, 6.07) is 0.412. The van der Waals surface area contributed by atoms with Crippen molar-refractivity contribution in [3.8, 4) is 0 Å². The van der Waals surface area contributed by atoms with Crippen molar-refractivity contribution in [3.63, 3.8) is 0 Å². The van der Waals surface area contributed by atoms with Gasteiger partial charge in [0.1, 0.15) is 0 Å². The fraction of sp³-hybridized carbons (Fsp3) is 0.875. The number of hydrogen-bond acceptors (Lipinski definition) is 2. The van der Waals surface area contributed by atoms with Crippen molar-refractivity contribution in [1.82, 2.24) is 15.5 Å². The van der Waals surface area contributed by atoms with E-state index in [1.165, 1.54) is 25.7 Å². The molecule has 0 aromatic rings. The van der Waals surface area contributed by atoms with E-state index in [4.69, 9.17) is 0 Å². The molecule has 0 aromatic carbocycles. The van der Waals surface area contributed by atoms with Gasteiger partial charge in [-0.2, -0.15) is 0 Å². The molecule has 2 aliphatic carbocycles. The summed E-state index contributed by atoms with van der Waals surface area (Å²) < 4.78 is 0. The molecule has 118 valence electrons. The van der Waals surface area contributed by atoms with Gasteiger partial charge in [0.05, 0.1) is 0 Å². The van der Waals surface area contributed by atoms with Crippen molar-refractivity contribution in [3.05, 3.63) is 0 Å². The Kier molecular flexibility index (Phi) is 4.66. The minimum absolute atomic E-state index is 0.0511. The number of urea groups is 1. The number of carbonyl (C=O) groups is 2. The third kappa shape index (κ3) is 3.69. The summed E-state index contributed by atoms with van der Waals surface area (Å²) in [6.07, 6.45) is 10.1. The molecule has 1 aliphatic heterocycles. The number of nitrogens with zero attached hydrogens (tertiary/aromatic N) is 1. The van der Waals surface area contributed by atoms with E-state index in [9.17, 15) is 9.59 Å². The molecule has 0 bridgehead atoms. The molecule has 21 heavy (non-hydrogen) atoms. The SMILES string of the molecule is O=C(NC1CCCCC1)N[C@H]1CCN(C(=O)C2CCC2)C1. The first kappa shape index (κ1) is 14.7. The van der Waals surface area contributed by atoms with E-state index in [1.54, 1.807) is 0 Å². The molecule has 0 spiro atoms. The third-order valence-electron chi connectivity index (χ3n) is 5.23. The predicted molar refractivity (Wildman–Crippen MR) is 80.9 cm³/mol. The molecule has 5 nitrogen and oxygen atoms in total. The molecule has 3 aliphatic rings. The highest BCUT2D eigenvalue weighted by Crippen LogP contribution is 2.29. The zero-order valence-electron chi connectivity index (χ0n) is 12.8. The van der Waals surface area contributed by atoms with Crippen LogP contribution in [0.5, 0.6) is 0 Å². The lowest BCUT2D eigenvalue weighted by atomic mass is 9.84. The van der Waals surface area contributed by atoms with Gasteiger partial charge in [-0.25, -0.2) is 4.79 Å². The average Bonchev–Trinajstić information content (AvgIpc) is 2.86. The Balaban J connectivity index is 1.39. The minimum atomic E-state index is -0.0511. The highest BCUT2D eigenvalue weighted by molar-refractivity contribution is 5.80. The highest BCUT2D eigenvalue weighted by Gasteiger charge is 2.34. The summed E-state index contributed by atoms with van der Waals surface area (Å²) in [4.78, 5) is 26.1. The van der Waals surface area contributed by atoms with Gasteiger partial charge in [-0.05, 0) is 32.1 Å². The van der Waals surface area contributed by atoms with Crippen LogP contribution in [-0.2, 0) is 4.79 Å². The van der Waals surface area contributed by atoms with Gasteiger partial charge < -0.3 is 15.5 Å². The van der Waals surface area contributed by atoms with E-state index >= 15 is 0 Å². The minimum Gasteiger partial charge on any atom is -0.340 e. The first-order valence-electron chi connectivity index (χ1n) is 8.58. The van der Waals surface area contributed by atoms with Gasteiger partial charge >= 0.3 is 6.03 Å². The van der Waals surface area contributed by atoms with Crippen molar-refractivity contribution < 1.29 is 9.59 Å². The lowest BCUT2D eigenvalue weighted by Crippen LogP contribution is -2.48. The third-order valence-corrected chi connectivity index (χ3v) is 5.23. The Labute approximate surface area is 126 Å². The van der Waals surface area contributed by atoms with E-state index in [2.05, 4.69) is 10.6 Å². The highest BCUT2D eigenvalue weighted by atomic mass is 16.2. The van der Waals surface area contributed by atoms with Crippen molar-refractivity contribution in [1.29, 1.82) is 0 Å². The number of nitrogens with one attached hydrogen (secondary N) is 2. The maximum atomic E-state index is 12.2. The molecule has 3 rings (SSSR count). The quantitative estimate of drug-likeness (QED) is 0.836. The first-order valence-corrected chi connectivity index (χ1v) is 8.58. The van der Waals surface area contributed by atoms with Crippen molar-refractivity contribution >= 4 is 11.9 Å². The van der Waals surface area contributed by atoms with Gasteiger partial charge in [-0.15, -0.1) is 0 Å². The molecule has 1 atom stereocenters. The summed E-state index contributed by atoms with van der Waals surface area (Å²) in [5.74, 6) is 0.568. The Morgan fingerprint density at radius 2 is 1.52 bits per heavy atom. The first-order chi connectivity index (χ1) is 10.2. The summed E-state index contributed by atoms with van der Waals surface area (Å²) in [5, 5.41) is 6.12. The molecule has 0 unspecified atom stereocenters. The molecule has 1 heterocycles. The molecule has 3 fully saturated rings. The van der Waals surface area contributed by atoms with Crippen molar-refractivity contribution in [2.45, 2.75) is 69.9 Å². The fourth-order valence-corrected chi connectivity index (χ4v) is 3.65. The lowest BCUT2D eigenvalue weighted by molar-refractivity contribution is -0.137. The largest absolute Gasteiger partial charge is 0.340 e. The monoisotopic (exact) mass is 293 g/mol. The molecule has 0 aromatic heterocycles. The second-order valence-corrected chi connectivity index (χ2v) is 6.85. The van der Waals surface area contributed by atoms with Crippen molar-refractivity contribution in [2.24, 2.45) is 5.92 Å². The molecule has 2 N–H and O–H groups in total. The van der Waals surface area contributed by atoms with E-state index in [0.717, 1.165) is 38.6 Å². The Bertz CT molecular complexity index is 389. The van der Waals surface area contributed by atoms with E-state index < -0.39 is 0 Å². The smallest absolute Gasteiger partial charge is 0.315 e. The lowest BCUT2D eigenvalue weighted by Gasteiger charge is -2.29. The average molecular weight is 293 g/mol. The Morgan fingerprint density at radius 3 is 2.19 bits per heavy atom. The molecule has 1 saturated heterocycles. The number of hydrogen-bond donors (Lipinski definition) is 2. The zero-order chi connectivity index (χ0) is 14.7. The molecule has 3 amide bonds. The van der Waals surface area contributed by atoms with E-state index in [0.29, 0.717) is 18.5 Å². The summed E-state index contributed by atoms with van der Waals surface area (Å²) in [7, 11) is 0. The van der Waals surface area contributed by atoms with Crippen LogP contribution < -0.4 is 10.6 Å². The number of carbonyl (C=O) groups excluding carboxylic acids is 2. The van der Waals surface area contributed by atoms with E-state index in [1.807, 2.05) is 4.90 Å². The molecule has 2 saturated carbocycles. The van der Waals surface area contributed by atoms with Crippen LogP contribution in [0.25, 0.3) is 0 Å². The summed E-state index contributed by atoms with van der Waals surface area (Å²) in [6.45, 7) is 1.48. The standard InChI is InChI=1S/C16H27N3O2/c20-15(12-5-4-6-12)19-10-9-14(11-19)18-16(21)17-13-7-2-1-3-8-13/h12-14H,1-11H2,(H2,17,18,21)/t14-/m0/s1. The fourth-order valence-electron chi connectivity index (χ4n) is 3.65. The molecular formula is C16H27N3O2. The van der Waals surface area contributed by atoms with Gasteiger partial charge in [0.25, 0.3) is 0 Å². The molecule has 5 heteroatoms. The van der Waals surface area contributed by atoms with Gasteiger partial charge in [-0.1, -0.05) is 25.7 Å². The van der Waals surface area contributed by atoms with Gasteiger partial charge in [0.2, 0.25) is 5.91 Å². The van der Waals surface area contributed by atoms with Crippen LogP contribution in [0, 0.1) is 5.92 Å². The second-order valence-electron chi connectivity index (χ2n) is 6.85. The number of rotatable bonds is 3. The van der Waals surface area contributed by atoms with E-state index in [-0.39, 0.29) is 18.0 Å². The van der Waals surface area contributed by atoms with Crippen LogP contribution in [0.3, 0.4) is 0 Å². The number of likely N-dealkylation sites (tertiary alicyclic amines) is 1. The summed E-state index contributed by atoms with van der Waals surface area (Å²) in [5.41, 5.74) is 0. The second kappa shape index (κ2) is 6.67. The van der Waals surface area contributed by atoms with Gasteiger partial charge in [0, 0.05) is 31.1 Å². The maximum Gasteiger partial charge on any atom is 0.315 e.